The van der Waals surface area contributed by atoms with Crippen molar-refractivity contribution in [3.63, 3.8) is 0 Å². The van der Waals surface area contributed by atoms with E-state index in [9.17, 15) is 4.79 Å². The molecule has 1 unspecified atom stereocenters. The van der Waals surface area contributed by atoms with Crippen LogP contribution in [0.3, 0.4) is 0 Å². The highest BCUT2D eigenvalue weighted by Gasteiger charge is 2.17. The zero-order valence-corrected chi connectivity index (χ0v) is 14.7. The van der Waals surface area contributed by atoms with Crippen LogP contribution < -0.4 is 10.1 Å². The molecule has 3 rings (SSSR count). The van der Waals surface area contributed by atoms with E-state index < -0.39 is 0 Å². The summed E-state index contributed by atoms with van der Waals surface area (Å²) in [7, 11) is 5.66. The lowest BCUT2D eigenvalue weighted by molar-refractivity contribution is 0.0937. The number of H-pyrrole nitrogens is 1. The third-order valence-corrected chi connectivity index (χ3v) is 4.35. The number of amides is 1. The predicted molar refractivity (Wildman–Crippen MR) is 100 cm³/mol. The van der Waals surface area contributed by atoms with Crippen molar-refractivity contribution in [2.24, 2.45) is 0 Å². The molecule has 5 heteroatoms. The smallest absolute Gasteiger partial charge is 0.267 e. The number of nitrogens with one attached hydrogen (secondary N) is 2. The van der Waals surface area contributed by atoms with Gasteiger partial charge >= 0.3 is 0 Å². The molecule has 0 aliphatic carbocycles. The van der Waals surface area contributed by atoms with Crippen molar-refractivity contribution < 1.29 is 9.53 Å². The molecule has 1 heterocycles. The molecule has 0 saturated heterocycles. The number of carbonyl (C=O) groups excluding carboxylic acids is 1. The number of aromatic amines is 1. The summed E-state index contributed by atoms with van der Waals surface area (Å²) in [6.07, 6.45) is 0. The van der Waals surface area contributed by atoms with E-state index in [2.05, 4.69) is 15.2 Å². The summed E-state index contributed by atoms with van der Waals surface area (Å²) >= 11 is 0. The van der Waals surface area contributed by atoms with Crippen molar-refractivity contribution in [3.8, 4) is 5.75 Å². The van der Waals surface area contributed by atoms with Crippen LogP contribution in [0.2, 0.25) is 0 Å². The Morgan fingerprint density at radius 2 is 1.88 bits per heavy atom. The number of ether oxygens (including phenoxy) is 1. The Kier molecular flexibility index (Phi) is 5.05. The van der Waals surface area contributed by atoms with Crippen molar-refractivity contribution in [2.45, 2.75) is 6.04 Å². The molecule has 3 aromatic rings. The van der Waals surface area contributed by atoms with Crippen LogP contribution >= 0.6 is 0 Å². The molecule has 0 aliphatic heterocycles. The van der Waals surface area contributed by atoms with Crippen LogP contribution in [0.25, 0.3) is 10.9 Å². The van der Waals surface area contributed by atoms with Crippen molar-refractivity contribution in [1.82, 2.24) is 15.2 Å². The number of likely N-dealkylation sites (N-methyl/N-ethyl adjacent to an activating group) is 1. The first kappa shape index (κ1) is 17.0. The molecule has 5 nitrogen and oxygen atoms in total. The Balaban J connectivity index is 1.71. The van der Waals surface area contributed by atoms with E-state index >= 15 is 0 Å². The van der Waals surface area contributed by atoms with Crippen LogP contribution in [0, 0.1) is 0 Å². The molecule has 0 radical (unpaired) electrons. The maximum absolute atomic E-state index is 12.5. The maximum atomic E-state index is 12.5. The minimum absolute atomic E-state index is 0.0826. The van der Waals surface area contributed by atoms with Crippen molar-refractivity contribution in [1.29, 1.82) is 0 Å². The molecule has 2 N–H and O–H groups in total. The Morgan fingerprint density at radius 1 is 1.16 bits per heavy atom. The highest BCUT2D eigenvalue weighted by molar-refractivity contribution is 5.97. The summed E-state index contributed by atoms with van der Waals surface area (Å²) in [5, 5.41) is 4.06. The average Bonchev–Trinajstić information content (AvgIpc) is 3.06. The van der Waals surface area contributed by atoms with Gasteiger partial charge in [0.05, 0.1) is 13.2 Å². The van der Waals surface area contributed by atoms with E-state index in [4.69, 9.17) is 4.74 Å². The Hall–Kier alpha value is -2.79. The molecular formula is C20H23N3O2. The van der Waals surface area contributed by atoms with E-state index in [0.717, 1.165) is 22.2 Å². The first-order chi connectivity index (χ1) is 12.1. The standard InChI is InChI=1S/C20H23N3O2/c1-23(2)19(14-8-10-16(25-3)11-9-14)13-21-20(24)18-12-15-6-4-5-7-17(15)22-18/h4-12,19,22H,13H2,1-3H3,(H,21,24). The normalized spacial score (nSPS) is 12.3. The van der Waals surface area contributed by atoms with Crippen LogP contribution in [-0.2, 0) is 0 Å². The topological polar surface area (TPSA) is 57.4 Å². The fourth-order valence-electron chi connectivity index (χ4n) is 2.90. The summed E-state index contributed by atoms with van der Waals surface area (Å²) < 4.78 is 5.21. The van der Waals surface area contributed by atoms with Gasteiger partial charge in [-0.05, 0) is 43.9 Å². The lowest BCUT2D eigenvalue weighted by Gasteiger charge is -2.25. The third-order valence-electron chi connectivity index (χ3n) is 4.35. The summed E-state index contributed by atoms with van der Waals surface area (Å²) in [5.74, 6) is 0.722. The summed E-state index contributed by atoms with van der Waals surface area (Å²) in [5.41, 5.74) is 2.67. The van der Waals surface area contributed by atoms with Crippen molar-refractivity contribution in [3.05, 3.63) is 65.9 Å². The Morgan fingerprint density at radius 3 is 2.52 bits per heavy atom. The molecule has 2 aromatic carbocycles. The Labute approximate surface area is 147 Å². The van der Waals surface area contributed by atoms with E-state index in [0.29, 0.717) is 12.2 Å². The summed E-state index contributed by atoms with van der Waals surface area (Å²) in [6, 6.07) is 17.8. The fourth-order valence-corrected chi connectivity index (χ4v) is 2.90. The molecule has 1 aromatic heterocycles. The number of hydrogen-bond donors (Lipinski definition) is 2. The van der Waals surface area contributed by atoms with Crippen LogP contribution in [0.5, 0.6) is 5.75 Å². The highest BCUT2D eigenvalue weighted by atomic mass is 16.5. The predicted octanol–water partition coefficient (Wildman–Crippen LogP) is 3.21. The molecule has 0 saturated carbocycles. The van der Waals surface area contributed by atoms with Gasteiger partial charge in [-0.25, -0.2) is 0 Å². The molecular weight excluding hydrogens is 314 g/mol. The van der Waals surface area contributed by atoms with Gasteiger partial charge in [-0.3, -0.25) is 4.79 Å². The second-order valence-electron chi connectivity index (χ2n) is 6.23. The molecule has 0 spiro atoms. The van der Waals surface area contributed by atoms with Crippen molar-refractivity contribution in [2.75, 3.05) is 27.7 Å². The third kappa shape index (κ3) is 3.83. The molecule has 25 heavy (non-hydrogen) atoms. The van der Waals surface area contributed by atoms with Gasteiger partial charge in [-0.15, -0.1) is 0 Å². The molecule has 0 aliphatic rings. The minimum Gasteiger partial charge on any atom is -0.497 e. The van der Waals surface area contributed by atoms with Crippen molar-refractivity contribution >= 4 is 16.8 Å². The SMILES string of the molecule is COc1ccc(C(CNC(=O)c2cc3ccccc3[nH]2)N(C)C)cc1. The highest BCUT2D eigenvalue weighted by Crippen LogP contribution is 2.21. The van der Waals surface area contributed by atoms with Gasteiger partial charge in [0, 0.05) is 17.4 Å². The average molecular weight is 337 g/mol. The van der Waals surface area contributed by atoms with Gasteiger partial charge in [-0.2, -0.15) is 0 Å². The lowest BCUT2D eigenvalue weighted by Crippen LogP contribution is -2.34. The van der Waals surface area contributed by atoms with Crippen LogP contribution in [-0.4, -0.2) is 43.5 Å². The van der Waals surface area contributed by atoms with Gasteiger partial charge in [0.25, 0.3) is 5.91 Å². The van der Waals surface area contributed by atoms with E-state index in [-0.39, 0.29) is 11.9 Å². The first-order valence-electron chi connectivity index (χ1n) is 8.25. The number of methoxy groups -OCH3 is 1. The first-order valence-corrected chi connectivity index (χ1v) is 8.25. The van der Waals surface area contributed by atoms with E-state index in [1.807, 2.05) is 68.7 Å². The van der Waals surface area contributed by atoms with E-state index in [1.54, 1.807) is 7.11 Å². The number of hydrogen-bond acceptors (Lipinski definition) is 3. The molecule has 0 bridgehead atoms. The zero-order valence-electron chi connectivity index (χ0n) is 14.7. The molecule has 0 fully saturated rings. The number of benzene rings is 2. The van der Waals surface area contributed by atoms with Gasteiger partial charge < -0.3 is 19.9 Å². The maximum Gasteiger partial charge on any atom is 0.267 e. The van der Waals surface area contributed by atoms with Crippen LogP contribution in [0.4, 0.5) is 0 Å². The number of rotatable bonds is 6. The number of fused-ring (bicyclic) bond motifs is 1. The number of aromatic nitrogens is 1. The number of nitrogens with zero attached hydrogens (tertiary/aromatic N) is 1. The monoisotopic (exact) mass is 337 g/mol. The van der Waals surface area contributed by atoms with Crippen LogP contribution in [0.15, 0.2) is 54.6 Å². The minimum atomic E-state index is -0.100. The molecule has 1 atom stereocenters. The van der Waals surface area contributed by atoms with Gasteiger partial charge in [0.2, 0.25) is 0 Å². The van der Waals surface area contributed by atoms with E-state index in [1.165, 1.54) is 0 Å². The second kappa shape index (κ2) is 7.40. The largest absolute Gasteiger partial charge is 0.497 e. The Bertz CT molecular complexity index is 820. The van der Waals surface area contributed by atoms with Gasteiger partial charge in [0.1, 0.15) is 11.4 Å². The molecule has 1 amide bonds. The van der Waals surface area contributed by atoms with Gasteiger partial charge in [-0.1, -0.05) is 30.3 Å². The number of carbonyl (C=O) groups is 1. The lowest BCUT2D eigenvalue weighted by atomic mass is 10.1. The van der Waals surface area contributed by atoms with Gasteiger partial charge in [0.15, 0.2) is 0 Å². The van der Waals surface area contributed by atoms with Crippen LogP contribution in [0.1, 0.15) is 22.1 Å². The second-order valence-corrected chi connectivity index (χ2v) is 6.23. The summed E-state index contributed by atoms with van der Waals surface area (Å²) in [6.45, 7) is 0.521. The number of para-hydroxylation sites is 1. The quantitative estimate of drug-likeness (QED) is 0.726. The fraction of sp³-hybridized carbons (Fsp3) is 0.250. The zero-order chi connectivity index (χ0) is 17.8. The molecule has 130 valence electrons. The summed E-state index contributed by atoms with van der Waals surface area (Å²) in [4.78, 5) is 17.7.